The molecule has 21 heavy (non-hydrogen) atoms. The Kier molecular flexibility index (Phi) is 4.99. The molecule has 1 aromatic carbocycles. The van der Waals surface area contributed by atoms with E-state index in [1.54, 1.807) is 4.90 Å². The molecule has 0 saturated carbocycles. The van der Waals surface area contributed by atoms with Crippen LogP contribution in [0.3, 0.4) is 0 Å². The lowest BCUT2D eigenvalue weighted by Gasteiger charge is -2.26. The van der Waals surface area contributed by atoms with E-state index in [1.165, 1.54) is 12.0 Å². The topological polar surface area (TPSA) is 49.4 Å². The number of aryl methyl sites for hydroxylation is 3. The number of hydrogen-bond donors (Lipinski definition) is 1. The minimum atomic E-state index is -0.222. The molecule has 0 spiro atoms. The van der Waals surface area contributed by atoms with Crippen molar-refractivity contribution in [3.63, 3.8) is 0 Å². The molecule has 0 aromatic heterocycles. The van der Waals surface area contributed by atoms with Gasteiger partial charge in [-0.05, 0) is 51.2 Å². The summed E-state index contributed by atoms with van der Waals surface area (Å²) in [6, 6.07) is 4.07. The molecule has 1 aliphatic rings. The second-order valence-corrected chi connectivity index (χ2v) is 5.94. The number of anilines is 1. The highest BCUT2D eigenvalue weighted by molar-refractivity contribution is 6.04. The summed E-state index contributed by atoms with van der Waals surface area (Å²) in [7, 11) is 0. The van der Waals surface area contributed by atoms with Crippen LogP contribution in [0.15, 0.2) is 12.1 Å². The van der Waals surface area contributed by atoms with Crippen molar-refractivity contribution in [3.05, 3.63) is 28.8 Å². The van der Waals surface area contributed by atoms with Gasteiger partial charge in [0.25, 0.3) is 0 Å². The van der Waals surface area contributed by atoms with E-state index in [2.05, 4.69) is 5.32 Å². The Morgan fingerprint density at radius 3 is 2.19 bits per heavy atom. The number of carbonyl (C=O) groups is 2. The molecule has 2 rings (SSSR count). The Hall–Kier alpha value is -1.84. The van der Waals surface area contributed by atoms with E-state index in [0.717, 1.165) is 42.7 Å². The maximum atomic E-state index is 12.1. The minimum absolute atomic E-state index is 0.0605. The molecule has 0 atom stereocenters. The summed E-state index contributed by atoms with van der Waals surface area (Å²) in [5.74, 6) is -0.282. The van der Waals surface area contributed by atoms with Crippen LogP contribution in [-0.4, -0.2) is 29.8 Å². The third-order valence-electron chi connectivity index (χ3n) is 3.96. The predicted molar refractivity (Wildman–Crippen MR) is 84.3 cm³/mol. The Labute approximate surface area is 126 Å². The lowest BCUT2D eigenvalue weighted by Crippen LogP contribution is -2.37. The number of amides is 2. The van der Waals surface area contributed by atoms with Crippen molar-refractivity contribution >= 4 is 17.5 Å². The van der Waals surface area contributed by atoms with E-state index in [0.29, 0.717) is 0 Å². The smallest absolute Gasteiger partial charge is 0.233 e. The monoisotopic (exact) mass is 288 g/mol. The summed E-state index contributed by atoms with van der Waals surface area (Å²) in [6.07, 6.45) is 3.21. The fourth-order valence-electron chi connectivity index (χ4n) is 2.95. The first-order valence-corrected chi connectivity index (χ1v) is 7.63. The van der Waals surface area contributed by atoms with Gasteiger partial charge in [0.1, 0.15) is 6.42 Å². The summed E-state index contributed by atoms with van der Waals surface area (Å²) in [5.41, 5.74) is 4.07. The molecule has 114 valence electrons. The molecule has 0 aliphatic carbocycles. The quantitative estimate of drug-likeness (QED) is 0.869. The average Bonchev–Trinajstić information content (AvgIpc) is 2.43. The van der Waals surface area contributed by atoms with Crippen LogP contribution in [0.25, 0.3) is 0 Å². The Balaban J connectivity index is 1.97. The van der Waals surface area contributed by atoms with E-state index >= 15 is 0 Å². The van der Waals surface area contributed by atoms with Crippen LogP contribution in [0.2, 0.25) is 0 Å². The van der Waals surface area contributed by atoms with Crippen LogP contribution in [0.5, 0.6) is 0 Å². The second-order valence-electron chi connectivity index (χ2n) is 5.94. The van der Waals surface area contributed by atoms with E-state index in [9.17, 15) is 9.59 Å². The maximum absolute atomic E-state index is 12.1. The largest absolute Gasteiger partial charge is 0.342 e. The average molecular weight is 288 g/mol. The van der Waals surface area contributed by atoms with Gasteiger partial charge in [-0.3, -0.25) is 9.59 Å². The SMILES string of the molecule is Cc1cc(C)c(NC(=O)CC(=O)N2CCCCC2)c(C)c1. The van der Waals surface area contributed by atoms with Crippen molar-refractivity contribution in [1.82, 2.24) is 4.90 Å². The Morgan fingerprint density at radius 1 is 1.05 bits per heavy atom. The Morgan fingerprint density at radius 2 is 1.62 bits per heavy atom. The highest BCUT2D eigenvalue weighted by atomic mass is 16.2. The number of nitrogens with one attached hydrogen (secondary N) is 1. The zero-order valence-electron chi connectivity index (χ0n) is 13.2. The predicted octanol–water partition coefficient (Wildman–Crippen LogP) is 2.95. The van der Waals surface area contributed by atoms with Crippen LogP contribution in [0.1, 0.15) is 42.4 Å². The van der Waals surface area contributed by atoms with Gasteiger partial charge in [0.15, 0.2) is 0 Å². The number of likely N-dealkylation sites (tertiary alicyclic amines) is 1. The fraction of sp³-hybridized carbons (Fsp3) is 0.529. The van der Waals surface area contributed by atoms with Gasteiger partial charge in [-0.25, -0.2) is 0 Å². The van der Waals surface area contributed by atoms with Gasteiger partial charge in [0, 0.05) is 18.8 Å². The first-order valence-electron chi connectivity index (χ1n) is 7.63. The number of benzene rings is 1. The number of carbonyl (C=O) groups excluding carboxylic acids is 2. The molecule has 0 radical (unpaired) electrons. The molecule has 4 heteroatoms. The molecule has 1 heterocycles. The van der Waals surface area contributed by atoms with E-state index in [1.807, 2.05) is 32.9 Å². The molecule has 0 bridgehead atoms. The molecule has 4 nitrogen and oxygen atoms in total. The van der Waals surface area contributed by atoms with Crippen molar-refractivity contribution < 1.29 is 9.59 Å². The summed E-state index contributed by atoms with van der Waals surface area (Å²) in [6.45, 7) is 7.55. The van der Waals surface area contributed by atoms with Crippen molar-refractivity contribution in [2.75, 3.05) is 18.4 Å². The van der Waals surface area contributed by atoms with E-state index in [4.69, 9.17) is 0 Å². The molecule has 1 saturated heterocycles. The molecule has 1 fully saturated rings. The van der Waals surface area contributed by atoms with Crippen LogP contribution >= 0.6 is 0 Å². The van der Waals surface area contributed by atoms with Crippen molar-refractivity contribution in [2.24, 2.45) is 0 Å². The zero-order valence-corrected chi connectivity index (χ0v) is 13.2. The maximum Gasteiger partial charge on any atom is 0.233 e. The number of hydrogen-bond acceptors (Lipinski definition) is 2. The number of piperidine rings is 1. The molecule has 2 amide bonds. The normalized spacial score (nSPS) is 14.9. The first-order chi connectivity index (χ1) is 9.97. The van der Waals surface area contributed by atoms with Gasteiger partial charge in [0.05, 0.1) is 0 Å². The summed E-state index contributed by atoms with van der Waals surface area (Å²) < 4.78 is 0. The lowest BCUT2D eigenvalue weighted by atomic mass is 10.0. The van der Waals surface area contributed by atoms with Gasteiger partial charge in [0.2, 0.25) is 11.8 Å². The molecule has 0 unspecified atom stereocenters. The van der Waals surface area contributed by atoms with Crippen LogP contribution in [0, 0.1) is 20.8 Å². The summed E-state index contributed by atoms with van der Waals surface area (Å²) in [4.78, 5) is 26.0. The minimum Gasteiger partial charge on any atom is -0.342 e. The molecular weight excluding hydrogens is 264 g/mol. The third kappa shape index (κ3) is 4.06. The van der Waals surface area contributed by atoms with Gasteiger partial charge in [-0.15, -0.1) is 0 Å². The van der Waals surface area contributed by atoms with Gasteiger partial charge < -0.3 is 10.2 Å². The first kappa shape index (κ1) is 15.5. The summed E-state index contributed by atoms with van der Waals surface area (Å²) in [5, 5.41) is 2.89. The van der Waals surface area contributed by atoms with Crippen molar-refractivity contribution in [2.45, 2.75) is 46.5 Å². The van der Waals surface area contributed by atoms with Gasteiger partial charge in [-0.2, -0.15) is 0 Å². The fourth-order valence-corrected chi connectivity index (χ4v) is 2.95. The van der Waals surface area contributed by atoms with E-state index < -0.39 is 0 Å². The third-order valence-corrected chi connectivity index (χ3v) is 3.96. The van der Waals surface area contributed by atoms with Crippen molar-refractivity contribution in [3.8, 4) is 0 Å². The van der Waals surface area contributed by atoms with E-state index in [-0.39, 0.29) is 18.2 Å². The van der Waals surface area contributed by atoms with Crippen LogP contribution in [0.4, 0.5) is 5.69 Å². The molecule has 1 aliphatic heterocycles. The number of nitrogens with zero attached hydrogens (tertiary/aromatic N) is 1. The van der Waals surface area contributed by atoms with Gasteiger partial charge >= 0.3 is 0 Å². The number of rotatable bonds is 3. The van der Waals surface area contributed by atoms with Crippen LogP contribution < -0.4 is 5.32 Å². The van der Waals surface area contributed by atoms with Gasteiger partial charge in [-0.1, -0.05) is 17.7 Å². The highest BCUT2D eigenvalue weighted by Crippen LogP contribution is 2.22. The standard InChI is InChI=1S/C17H24N2O2/c1-12-9-13(2)17(14(3)10-12)18-15(20)11-16(21)19-7-5-4-6-8-19/h9-10H,4-8,11H2,1-3H3,(H,18,20). The lowest BCUT2D eigenvalue weighted by molar-refractivity contribution is -0.135. The van der Waals surface area contributed by atoms with Crippen LogP contribution in [-0.2, 0) is 9.59 Å². The zero-order chi connectivity index (χ0) is 15.4. The summed E-state index contributed by atoms with van der Waals surface area (Å²) >= 11 is 0. The second kappa shape index (κ2) is 6.74. The molecule has 1 N–H and O–H groups in total. The Bertz CT molecular complexity index is 523. The highest BCUT2D eigenvalue weighted by Gasteiger charge is 2.19. The molecular formula is C17H24N2O2. The molecule has 1 aromatic rings. The van der Waals surface area contributed by atoms with Crippen molar-refractivity contribution in [1.29, 1.82) is 0 Å².